The molecular weight excluding hydrogens is 765 g/mol. The molecule has 0 amide bonds. The average molecular weight is 801 g/mol. The van der Waals surface area contributed by atoms with Gasteiger partial charge in [-0.1, -0.05) is 182 Å². The van der Waals surface area contributed by atoms with E-state index in [0.717, 1.165) is 38.7 Å². The van der Waals surface area contributed by atoms with Gasteiger partial charge in [0.15, 0.2) is 17.5 Å². The van der Waals surface area contributed by atoms with Gasteiger partial charge >= 0.3 is 0 Å². The van der Waals surface area contributed by atoms with Crippen LogP contribution in [0.4, 0.5) is 0 Å². The highest BCUT2D eigenvalue weighted by atomic mass is 15.0. The molecule has 11 aromatic carbocycles. The lowest BCUT2D eigenvalue weighted by Crippen LogP contribution is -2.00. The van der Waals surface area contributed by atoms with Crippen LogP contribution in [-0.4, -0.2) is 19.5 Å². The van der Waals surface area contributed by atoms with Crippen LogP contribution < -0.4 is 0 Å². The van der Waals surface area contributed by atoms with Gasteiger partial charge in [0.2, 0.25) is 0 Å². The van der Waals surface area contributed by atoms with Crippen LogP contribution in [0.2, 0.25) is 0 Å². The first kappa shape index (κ1) is 35.3. The average Bonchev–Trinajstić information content (AvgIpc) is 3.71. The first-order valence-corrected chi connectivity index (χ1v) is 21.4. The summed E-state index contributed by atoms with van der Waals surface area (Å²) in [6.45, 7) is 0. The van der Waals surface area contributed by atoms with Crippen molar-refractivity contribution in [3.05, 3.63) is 218 Å². The van der Waals surface area contributed by atoms with Crippen molar-refractivity contribution in [2.75, 3.05) is 0 Å². The van der Waals surface area contributed by atoms with E-state index in [-0.39, 0.29) is 0 Å². The maximum atomic E-state index is 5.15. The third kappa shape index (κ3) is 5.66. The van der Waals surface area contributed by atoms with Gasteiger partial charge in [-0.05, 0) is 90.6 Å². The minimum atomic E-state index is 0.634. The summed E-state index contributed by atoms with van der Waals surface area (Å²) in [5.74, 6) is 1.92. The summed E-state index contributed by atoms with van der Waals surface area (Å²) in [6, 6.07) is 78.2. The largest absolute Gasteiger partial charge is 0.309 e. The van der Waals surface area contributed by atoms with E-state index in [4.69, 9.17) is 15.0 Å². The molecule has 0 aliphatic rings. The van der Waals surface area contributed by atoms with E-state index in [0.29, 0.717) is 17.5 Å². The molecule has 0 unspecified atom stereocenters. The van der Waals surface area contributed by atoms with E-state index in [9.17, 15) is 0 Å². The summed E-state index contributed by atoms with van der Waals surface area (Å²) >= 11 is 0. The second-order valence-corrected chi connectivity index (χ2v) is 16.4. The predicted molar refractivity (Wildman–Crippen MR) is 263 cm³/mol. The molecule has 292 valence electrons. The zero-order chi connectivity index (χ0) is 41.4. The van der Waals surface area contributed by atoms with Crippen molar-refractivity contribution in [1.29, 1.82) is 0 Å². The molecule has 2 heterocycles. The lowest BCUT2D eigenvalue weighted by atomic mass is 9.88. The van der Waals surface area contributed by atoms with Crippen molar-refractivity contribution in [2.24, 2.45) is 0 Å². The standard InChI is InChI=1S/C59H36N4/c1-2-18-45(19-3-1)63-53-25-13-12-24-50(53)55-54-48-22-10-8-20-46(48)51(36-52(54)47-21-9-11-23-49(47)56(55)63)39-28-30-40(31-29-39)57-60-58(43-32-26-37-14-4-6-16-41(37)34-43)62-59(61-57)44-33-27-38-15-5-7-17-42(38)35-44/h1-36H. The Kier molecular flexibility index (Phi) is 7.87. The van der Waals surface area contributed by atoms with Crippen molar-refractivity contribution >= 4 is 75.7 Å². The third-order valence-electron chi connectivity index (χ3n) is 12.8. The summed E-state index contributed by atoms with van der Waals surface area (Å²) in [6.07, 6.45) is 0. The van der Waals surface area contributed by atoms with Crippen LogP contribution in [0.15, 0.2) is 218 Å². The molecule has 4 nitrogen and oxygen atoms in total. The number of para-hydroxylation sites is 2. The Morgan fingerprint density at radius 1 is 0.286 bits per heavy atom. The summed E-state index contributed by atoms with van der Waals surface area (Å²) < 4.78 is 2.45. The van der Waals surface area contributed by atoms with Crippen LogP contribution >= 0.6 is 0 Å². The Morgan fingerprint density at radius 2 is 0.762 bits per heavy atom. The minimum Gasteiger partial charge on any atom is -0.309 e. The Morgan fingerprint density at radius 3 is 1.41 bits per heavy atom. The first-order chi connectivity index (χ1) is 31.2. The van der Waals surface area contributed by atoms with Crippen LogP contribution in [0.25, 0.3) is 127 Å². The van der Waals surface area contributed by atoms with Gasteiger partial charge in [0.1, 0.15) is 0 Å². The van der Waals surface area contributed by atoms with Crippen molar-refractivity contribution < 1.29 is 0 Å². The molecule has 0 saturated heterocycles. The van der Waals surface area contributed by atoms with Gasteiger partial charge in [-0.3, -0.25) is 0 Å². The van der Waals surface area contributed by atoms with Gasteiger partial charge in [-0.2, -0.15) is 0 Å². The highest BCUT2D eigenvalue weighted by Crippen LogP contribution is 2.47. The number of hydrogen-bond acceptors (Lipinski definition) is 3. The van der Waals surface area contributed by atoms with Gasteiger partial charge in [-0.15, -0.1) is 0 Å². The lowest BCUT2D eigenvalue weighted by molar-refractivity contribution is 1.08. The van der Waals surface area contributed by atoms with Crippen LogP contribution in [0, 0.1) is 0 Å². The smallest absolute Gasteiger partial charge is 0.164 e. The number of nitrogens with zero attached hydrogens (tertiary/aromatic N) is 4. The quantitative estimate of drug-likeness (QED) is 0.163. The normalized spacial score (nSPS) is 11.8. The molecule has 0 atom stereocenters. The van der Waals surface area contributed by atoms with Gasteiger partial charge in [-0.25, -0.2) is 15.0 Å². The zero-order valence-corrected chi connectivity index (χ0v) is 34.1. The Bertz CT molecular complexity index is 3860. The SMILES string of the molecule is c1ccc(-n2c3ccccc3c3c4c5ccccc5c(-c5ccc(-c6nc(-c7ccc8ccccc8c7)nc(-c7ccc8ccccc8c7)n6)cc5)cc4c4ccccc4c32)cc1. The van der Waals surface area contributed by atoms with E-state index < -0.39 is 0 Å². The fraction of sp³-hybridized carbons (Fsp3) is 0. The maximum Gasteiger partial charge on any atom is 0.164 e. The van der Waals surface area contributed by atoms with E-state index in [1.165, 1.54) is 70.5 Å². The second-order valence-electron chi connectivity index (χ2n) is 16.4. The van der Waals surface area contributed by atoms with Crippen molar-refractivity contribution in [1.82, 2.24) is 19.5 Å². The number of fused-ring (bicyclic) bond motifs is 12. The number of benzene rings is 11. The summed E-state index contributed by atoms with van der Waals surface area (Å²) in [5, 5.41) is 14.6. The molecule has 0 bridgehead atoms. The van der Waals surface area contributed by atoms with Crippen molar-refractivity contribution in [2.45, 2.75) is 0 Å². The molecule has 0 aliphatic heterocycles. The van der Waals surface area contributed by atoms with Crippen LogP contribution in [0.5, 0.6) is 0 Å². The number of hydrogen-bond donors (Lipinski definition) is 0. The van der Waals surface area contributed by atoms with Crippen molar-refractivity contribution in [3.63, 3.8) is 0 Å². The summed E-state index contributed by atoms with van der Waals surface area (Å²) in [4.78, 5) is 15.4. The monoisotopic (exact) mass is 800 g/mol. The summed E-state index contributed by atoms with van der Waals surface area (Å²) in [7, 11) is 0. The molecule has 0 fully saturated rings. The fourth-order valence-corrected chi connectivity index (χ4v) is 9.83. The molecule has 13 rings (SSSR count). The number of aromatic nitrogens is 4. The van der Waals surface area contributed by atoms with Gasteiger partial charge in [0, 0.05) is 43.9 Å². The van der Waals surface area contributed by atoms with Crippen LogP contribution in [0.1, 0.15) is 0 Å². The zero-order valence-electron chi connectivity index (χ0n) is 34.1. The molecule has 0 saturated carbocycles. The van der Waals surface area contributed by atoms with E-state index in [1.54, 1.807) is 0 Å². The van der Waals surface area contributed by atoms with Gasteiger partial charge in [0.25, 0.3) is 0 Å². The predicted octanol–water partition coefficient (Wildman–Crippen LogP) is 15.4. The Balaban J connectivity index is 1.01. The molecule has 2 aromatic heterocycles. The summed E-state index contributed by atoms with van der Waals surface area (Å²) in [5.41, 5.74) is 8.73. The third-order valence-corrected chi connectivity index (χ3v) is 12.8. The highest BCUT2D eigenvalue weighted by molar-refractivity contribution is 6.38. The first-order valence-electron chi connectivity index (χ1n) is 21.4. The maximum absolute atomic E-state index is 5.15. The molecule has 0 spiro atoms. The highest BCUT2D eigenvalue weighted by Gasteiger charge is 2.22. The van der Waals surface area contributed by atoms with Crippen LogP contribution in [0.3, 0.4) is 0 Å². The molecular formula is C59H36N4. The van der Waals surface area contributed by atoms with Gasteiger partial charge < -0.3 is 4.57 Å². The topological polar surface area (TPSA) is 43.6 Å². The lowest BCUT2D eigenvalue weighted by Gasteiger charge is -2.16. The van der Waals surface area contributed by atoms with Crippen molar-refractivity contribution in [3.8, 4) is 51.0 Å². The fourth-order valence-electron chi connectivity index (χ4n) is 9.83. The minimum absolute atomic E-state index is 0.634. The molecule has 4 heteroatoms. The Hall–Kier alpha value is -8.47. The van der Waals surface area contributed by atoms with E-state index >= 15 is 0 Å². The van der Waals surface area contributed by atoms with Gasteiger partial charge in [0.05, 0.1) is 11.0 Å². The second kappa shape index (κ2) is 14.1. The van der Waals surface area contributed by atoms with E-state index in [2.05, 4.69) is 223 Å². The molecule has 0 aliphatic carbocycles. The van der Waals surface area contributed by atoms with E-state index in [1.807, 2.05) is 0 Å². The molecule has 63 heavy (non-hydrogen) atoms. The number of rotatable bonds is 5. The Labute approximate surface area is 363 Å². The molecule has 0 N–H and O–H groups in total. The van der Waals surface area contributed by atoms with Crippen LogP contribution in [-0.2, 0) is 0 Å². The molecule has 0 radical (unpaired) electrons. The molecule has 13 aromatic rings.